The van der Waals surface area contributed by atoms with Gasteiger partial charge in [-0.2, -0.15) is 0 Å². The zero-order chi connectivity index (χ0) is 52.8. The summed E-state index contributed by atoms with van der Waals surface area (Å²) in [5.74, 6) is 0.417. The van der Waals surface area contributed by atoms with Crippen LogP contribution in [-0.4, -0.2) is 107 Å². The number of rotatable bonds is 12. The van der Waals surface area contributed by atoms with Crippen molar-refractivity contribution in [3.05, 3.63) is 109 Å². The van der Waals surface area contributed by atoms with Gasteiger partial charge in [-0.1, -0.05) is 31.6 Å². The van der Waals surface area contributed by atoms with E-state index in [-0.39, 0.29) is 83.6 Å². The fourth-order valence-corrected chi connectivity index (χ4v) is 14.5. The summed E-state index contributed by atoms with van der Waals surface area (Å²) in [5.41, 5.74) is 7.53. The van der Waals surface area contributed by atoms with Crippen molar-refractivity contribution in [1.29, 1.82) is 0 Å². The maximum Gasteiger partial charge on any atom is 0.343 e. The van der Waals surface area contributed by atoms with Crippen molar-refractivity contribution in [2.75, 3.05) is 52.3 Å². The van der Waals surface area contributed by atoms with Crippen LogP contribution in [0.25, 0.3) is 22.3 Å². The first kappa shape index (κ1) is 50.7. The number of pyridine rings is 2. The molecule has 7 aliphatic rings. The predicted octanol–water partition coefficient (Wildman–Crippen LogP) is 7.54. The third-order valence-electron chi connectivity index (χ3n) is 18.3. The molecule has 75 heavy (non-hydrogen) atoms. The molecule has 2 aromatic heterocycles. The van der Waals surface area contributed by atoms with E-state index in [4.69, 9.17) is 19.2 Å². The van der Waals surface area contributed by atoms with Crippen LogP contribution in [-0.2, 0) is 58.7 Å². The number of aliphatic hydroxyl groups is 1. The minimum atomic E-state index is -1.89. The normalized spacial score (nSPS) is 26.9. The number of ketones is 2. The van der Waals surface area contributed by atoms with Gasteiger partial charge >= 0.3 is 11.9 Å². The first-order valence-corrected chi connectivity index (χ1v) is 27.0. The van der Waals surface area contributed by atoms with E-state index >= 15 is 0 Å². The molecule has 2 saturated carbocycles. The van der Waals surface area contributed by atoms with Crippen molar-refractivity contribution in [2.24, 2.45) is 29.1 Å². The van der Waals surface area contributed by atoms with Gasteiger partial charge in [0.25, 0.3) is 5.56 Å². The number of Topliss-reactive ketones (excluding diaryl/α,β-unsaturated/α-hetero) is 1. The van der Waals surface area contributed by atoms with Crippen molar-refractivity contribution in [3.63, 3.8) is 0 Å². The lowest BCUT2D eigenvalue weighted by atomic mass is 9.51. The summed E-state index contributed by atoms with van der Waals surface area (Å²) in [6.07, 6.45) is 7.27. The Bertz CT molecular complexity index is 3180. The van der Waals surface area contributed by atoms with Crippen LogP contribution in [0.4, 0.5) is 5.69 Å². The van der Waals surface area contributed by atoms with Crippen molar-refractivity contribution in [3.8, 4) is 17.1 Å². The van der Waals surface area contributed by atoms with Gasteiger partial charge in [-0.15, -0.1) is 0 Å². The number of anilines is 1. The molecule has 4 aliphatic carbocycles. The Balaban J connectivity index is 0.755. The predicted molar refractivity (Wildman–Crippen MR) is 282 cm³/mol. The monoisotopic (exact) mass is 1020 g/mol. The summed E-state index contributed by atoms with van der Waals surface area (Å²) in [6.45, 7) is 9.87. The number of nitrogens with zero attached hydrogens (tertiary/aromatic N) is 5. The molecule has 0 bridgehead atoms. The highest BCUT2D eigenvalue weighted by Crippen LogP contribution is 2.66. The first-order valence-electron chi connectivity index (χ1n) is 27.0. The molecule has 394 valence electrons. The van der Waals surface area contributed by atoms with E-state index in [1.807, 2.05) is 43.1 Å². The quantitative estimate of drug-likeness (QED) is 0.121. The topological polar surface area (TPSA) is 178 Å². The zero-order valence-corrected chi connectivity index (χ0v) is 44.3. The molecule has 3 aliphatic heterocycles. The number of aromatic nitrogens is 2. The highest BCUT2D eigenvalue weighted by atomic mass is 16.6. The Kier molecular flexibility index (Phi) is 13.0. The van der Waals surface area contributed by atoms with Gasteiger partial charge in [-0.3, -0.25) is 24.0 Å². The summed E-state index contributed by atoms with van der Waals surface area (Å²) in [5, 5.41) is 12.3. The molecule has 0 radical (unpaired) electrons. The molecule has 3 fully saturated rings. The second-order valence-electron chi connectivity index (χ2n) is 23.1. The van der Waals surface area contributed by atoms with Gasteiger partial charge in [-0.05, 0) is 142 Å². The van der Waals surface area contributed by atoms with E-state index in [0.717, 1.165) is 76.7 Å². The number of ether oxygens (including phenoxy) is 3. The fraction of sp³-hybridized carbons (Fsp3) is 0.517. The molecular weight excluding hydrogens is 951 g/mol. The molecule has 11 rings (SSSR count). The number of likely N-dealkylation sites (N-methyl/N-ethyl adjacent to an activating group) is 1. The van der Waals surface area contributed by atoms with Gasteiger partial charge in [0.05, 0.1) is 42.2 Å². The van der Waals surface area contributed by atoms with Crippen LogP contribution in [0.15, 0.2) is 76.1 Å². The fourth-order valence-electron chi connectivity index (χ4n) is 14.5. The third kappa shape index (κ3) is 8.71. The number of fused-ring (bicyclic) bond motifs is 9. The van der Waals surface area contributed by atoms with E-state index in [9.17, 15) is 33.9 Å². The van der Waals surface area contributed by atoms with Gasteiger partial charge < -0.3 is 38.6 Å². The van der Waals surface area contributed by atoms with Crippen LogP contribution in [0, 0.1) is 29.1 Å². The van der Waals surface area contributed by atoms with Crippen molar-refractivity contribution in [2.45, 2.75) is 123 Å². The highest BCUT2D eigenvalue weighted by Gasteiger charge is 2.60. The number of carbonyl (C=O) groups is 5. The Morgan fingerprint density at radius 3 is 2.43 bits per heavy atom. The first-order chi connectivity index (χ1) is 35.9. The number of allylic oxidation sites excluding steroid dienone is 2. The van der Waals surface area contributed by atoms with Crippen LogP contribution in [0.5, 0.6) is 5.75 Å². The summed E-state index contributed by atoms with van der Waals surface area (Å²) >= 11 is 0. The summed E-state index contributed by atoms with van der Waals surface area (Å²) in [4.78, 5) is 90.1. The van der Waals surface area contributed by atoms with Crippen LogP contribution < -0.4 is 15.2 Å². The summed E-state index contributed by atoms with van der Waals surface area (Å²) in [7, 11) is 5.97. The molecule has 5 heterocycles. The number of hydrogen-bond acceptors (Lipinski definition) is 13. The largest absolute Gasteiger partial charge is 0.493 e. The second-order valence-corrected chi connectivity index (χ2v) is 23.1. The second kappa shape index (κ2) is 19.3. The Morgan fingerprint density at radius 2 is 1.72 bits per heavy atom. The smallest absolute Gasteiger partial charge is 0.343 e. The lowest BCUT2D eigenvalue weighted by Crippen LogP contribution is -2.50. The minimum Gasteiger partial charge on any atom is -0.493 e. The highest BCUT2D eigenvalue weighted by molar-refractivity contribution is 5.93. The van der Waals surface area contributed by atoms with E-state index in [2.05, 4.69) is 42.2 Å². The number of piperidine rings is 1. The maximum absolute atomic E-state index is 13.9. The van der Waals surface area contributed by atoms with Crippen LogP contribution in [0.3, 0.4) is 0 Å². The molecule has 2 aromatic carbocycles. The maximum atomic E-state index is 13.9. The molecular formula is C60H69N5O10. The molecule has 15 heteroatoms. The van der Waals surface area contributed by atoms with Crippen molar-refractivity contribution >= 4 is 46.0 Å². The number of esters is 2. The van der Waals surface area contributed by atoms with Gasteiger partial charge in [0.2, 0.25) is 5.91 Å². The Morgan fingerprint density at radius 1 is 0.960 bits per heavy atom. The van der Waals surface area contributed by atoms with Gasteiger partial charge in [0, 0.05) is 92.0 Å². The van der Waals surface area contributed by atoms with Crippen molar-refractivity contribution in [1.82, 2.24) is 19.4 Å². The SMILES string of the molecule is CC[C@@]1(O)C(=O)OCc2c1cc1n(c2=O)Cc2cc3c(CN(C)C)c(OCC4CCN(C(=O)CN(C)c5ccc([C@H]6C[C@]7(C)[C@H](C(C)=O)CC[C@H]7[C@H]7C6=C6CCC(=O)C=C6CC7OC(C)=O)cc5)CC4)ccc3nc2-1. The number of cyclic esters (lactones) is 1. The van der Waals surface area contributed by atoms with E-state index < -0.39 is 17.7 Å². The minimum absolute atomic E-state index is 0.0128. The van der Waals surface area contributed by atoms with E-state index in [0.29, 0.717) is 74.6 Å². The number of carbonyl (C=O) groups excluding carboxylic acids is 5. The molecule has 4 aromatic rings. The Labute approximate surface area is 437 Å². The molecule has 15 nitrogen and oxygen atoms in total. The molecule has 1 saturated heterocycles. The van der Waals surface area contributed by atoms with Crippen LogP contribution in [0.1, 0.15) is 119 Å². The van der Waals surface area contributed by atoms with Gasteiger partial charge in [0.1, 0.15) is 24.2 Å². The number of hydrogen-bond donors (Lipinski definition) is 1. The number of benzene rings is 2. The van der Waals surface area contributed by atoms with Crippen LogP contribution >= 0.6 is 0 Å². The lowest BCUT2D eigenvalue weighted by molar-refractivity contribution is -0.172. The van der Waals surface area contributed by atoms with Gasteiger partial charge in [-0.25, -0.2) is 9.78 Å². The standard InChI is InChI=1S/C60H69N5O10/c1-8-60(72)48-26-50-56-38(28-65(50)57(70)45(48)32-74-58(60)71)24-42-44(29-62(5)6)51(18-17-49(42)61-56)73-31-35-19-21-64(22-20-35)53(69)30-63(7)39-11-9-36(10-12-39)43-27-59(4)46(33(2)66)15-16-47(59)55-52(75-34(3)67)25-37-23-40(68)13-14-41(37)54(43)55/h9-12,17-18,23-24,26,35,43,46-47,52,55,72H,8,13-16,19-22,25,27-32H2,1-7H3/t43-,46+,47+,52?,55-,59-,60+/m1/s1. The summed E-state index contributed by atoms with van der Waals surface area (Å²) in [6, 6.07) is 16.2. The molecule has 1 amide bonds. The molecule has 0 spiro atoms. The molecule has 7 atom stereocenters. The van der Waals surface area contributed by atoms with E-state index in [1.165, 1.54) is 18.1 Å². The molecule has 1 N–H and O–H groups in total. The molecule has 1 unspecified atom stereocenters. The van der Waals surface area contributed by atoms with Crippen LogP contribution in [0.2, 0.25) is 0 Å². The average molecular weight is 1020 g/mol. The lowest BCUT2D eigenvalue weighted by Gasteiger charge is -2.54. The summed E-state index contributed by atoms with van der Waals surface area (Å²) < 4.78 is 19.7. The third-order valence-corrected chi connectivity index (χ3v) is 18.3. The average Bonchev–Trinajstić information content (AvgIpc) is 3.93. The van der Waals surface area contributed by atoms with Gasteiger partial charge in [0.15, 0.2) is 11.4 Å². The number of likely N-dealkylation sites (tertiary alicyclic amines) is 1. The number of amides is 1. The van der Waals surface area contributed by atoms with E-state index in [1.54, 1.807) is 30.6 Å². The Hall–Kier alpha value is -6.45. The van der Waals surface area contributed by atoms with Crippen molar-refractivity contribution < 1.29 is 43.3 Å². The zero-order valence-electron chi connectivity index (χ0n) is 44.3.